The average Bonchev–Trinajstić information content (AvgIpc) is 2.39. The Hall–Kier alpha value is -1.49. The fourth-order valence-corrected chi connectivity index (χ4v) is 2.03. The monoisotopic (exact) mass is 244 g/mol. The van der Waals surface area contributed by atoms with Gasteiger partial charge in [-0.2, -0.15) is 0 Å². The third-order valence-corrected chi connectivity index (χ3v) is 3.10. The fraction of sp³-hybridized carbons (Fsp3) is 0.357. The molecule has 96 valence electrons. The van der Waals surface area contributed by atoms with Gasteiger partial charge in [-0.05, 0) is 44.8 Å². The van der Waals surface area contributed by atoms with Crippen LogP contribution in [0.3, 0.4) is 0 Å². The van der Waals surface area contributed by atoms with Crippen molar-refractivity contribution in [3.05, 3.63) is 42.1 Å². The van der Waals surface area contributed by atoms with Crippen LogP contribution in [0.15, 0.2) is 36.5 Å². The first-order valence-electron chi connectivity index (χ1n) is 6.16. The second kappa shape index (κ2) is 5.91. The van der Waals surface area contributed by atoms with Crippen molar-refractivity contribution in [2.45, 2.75) is 12.5 Å². The average molecular weight is 244 g/mol. The predicted octanol–water partition coefficient (Wildman–Crippen LogP) is 1.69. The molecule has 0 saturated heterocycles. The second-order valence-electron chi connectivity index (χ2n) is 4.77. The zero-order valence-electron chi connectivity index (χ0n) is 10.9. The van der Waals surface area contributed by atoms with Crippen molar-refractivity contribution in [3.63, 3.8) is 0 Å². The quantitative estimate of drug-likeness (QED) is 0.621. The van der Waals surface area contributed by atoms with Crippen LogP contribution in [-0.4, -0.2) is 30.5 Å². The number of nitrogens with one attached hydrogen (secondary N) is 1. The van der Waals surface area contributed by atoms with Crippen LogP contribution in [0.2, 0.25) is 0 Å². The Balaban J connectivity index is 2.22. The number of nitrogens with two attached hydrogens (primary N) is 1. The number of hydrogen-bond donors (Lipinski definition) is 2. The molecule has 1 unspecified atom stereocenters. The van der Waals surface area contributed by atoms with Gasteiger partial charge >= 0.3 is 0 Å². The molecular weight excluding hydrogens is 224 g/mol. The predicted molar refractivity (Wildman–Crippen MR) is 75.0 cm³/mol. The first-order valence-corrected chi connectivity index (χ1v) is 6.16. The summed E-state index contributed by atoms with van der Waals surface area (Å²) >= 11 is 0. The van der Waals surface area contributed by atoms with Crippen LogP contribution in [0.4, 0.5) is 0 Å². The number of pyridine rings is 1. The highest BCUT2D eigenvalue weighted by Crippen LogP contribution is 2.20. The number of hydrogen-bond acceptors (Lipinski definition) is 4. The highest BCUT2D eigenvalue weighted by molar-refractivity contribution is 5.78. The molecule has 0 aliphatic heterocycles. The molecular formula is C14H20N4. The maximum absolute atomic E-state index is 5.65. The van der Waals surface area contributed by atoms with Crippen molar-refractivity contribution in [2.24, 2.45) is 5.84 Å². The van der Waals surface area contributed by atoms with Gasteiger partial charge in [-0.3, -0.25) is 16.3 Å². The highest BCUT2D eigenvalue weighted by Gasteiger charge is 2.10. The number of aromatic nitrogens is 1. The molecule has 1 aromatic heterocycles. The number of nitrogens with zero attached hydrogens (tertiary/aromatic N) is 2. The maximum Gasteiger partial charge on any atom is 0.0705 e. The van der Waals surface area contributed by atoms with E-state index in [2.05, 4.69) is 53.7 Å². The molecule has 0 fully saturated rings. The molecule has 0 aliphatic carbocycles. The van der Waals surface area contributed by atoms with Crippen LogP contribution in [0, 0.1) is 0 Å². The van der Waals surface area contributed by atoms with Gasteiger partial charge < -0.3 is 4.90 Å². The highest BCUT2D eigenvalue weighted by atomic mass is 15.2. The van der Waals surface area contributed by atoms with E-state index in [0.29, 0.717) is 0 Å². The number of fused-ring (bicyclic) bond motifs is 1. The number of hydrazine groups is 1. The Kier molecular flexibility index (Phi) is 4.25. The first-order chi connectivity index (χ1) is 8.70. The minimum Gasteiger partial charge on any atom is -0.309 e. The number of benzene rings is 1. The molecule has 0 saturated carbocycles. The zero-order chi connectivity index (χ0) is 13.0. The van der Waals surface area contributed by atoms with Crippen LogP contribution < -0.4 is 11.3 Å². The molecule has 1 aromatic carbocycles. The van der Waals surface area contributed by atoms with Crippen molar-refractivity contribution in [2.75, 3.05) is 20.6 Å². The fourth-order valence-electron chi connectivity index (χ4n) is 2.03. The van der Waals surface area contributed by atoms with Gasteiger partial charge in [0.25, 0.3) is 0 Å². The van der Waals surface area contributed by atoms with Gasteiger partial charge in [0, 0.05) is 17.6 Å². The molecule has 0 amide bonds. The van der Waals surface area contributed by atoms with Crippen molar-refractivity contribution in [1.82, 2.24) is 15.3 Å². The summed E-state index contributed by atoms with van der Waals surface area (Å²) in [5.74, 6) is 5.65. The Morgan fingerprint density at radius 3 is 2.89 bits per heavy atom. The molecule has 0 radical (unpaired) electrons. The normalized spacial score (nSPS) is 13.1. The van der Waals surface area contributed by atoms with E-state index in [4.69, 9.17) is 5.84 Å². The molecule has 0 bridgehead atoms. The Morgan fingerprint density at radius 2 is 2.17 bits per heavy atom. The summed E-state index contributed by atoms with van der Waals surface area (Å²) < 4.78 is 0. The molecule has 4 nitrogen and oxygen atoms in total. The molecule has 2 aromatic rings. The Labute approximate surface area is 108 Å². The summed E-state index contributed by atoms with van der Waals surface area (Å²) in [4.78, 5) is 6.53. The van der Waals surface area contributed by atoms with Gasteiger partial charge in [0.2, 0.25) is 0 Å². The van der Waals surface area contributed by atoms with Crippen molar-refractivity contribution >= 4 is 10.9 Å². The molecule has 0 spiro atoms. The second-order valence-corrected chi connectivity index (χ2v) is 4.77. The first kappa shape index (κ1) is 13.0. The van der Waals surface area contributed by atoms with E-state index in [0.717, 1.165) is 23.9 Å². The molecule has 1 heterocycles. The van der Waals surface area contributed by atoms with E-state index in [1.807, 2.05) is 12.3 Å². The van der Waals surface area contributed by atoms with E-state index in [9.17, 15) is 0 Å². The summed E-state index contributed by atoms with van der Waals surface area (Å²) in [5.41, 5.74) is 5.08. The van der Waals surface area contributed by atoms with E-state index in [1.54, 1.807) is 0 Å². The molecule has 18 heavy (non-hydrogen) atoms. The molecule has 3 N–H and O–H groups in total. The third-order valence-electron chi connectivity index (χ3n) is 3.10. The van der Waals surface area contributed by atoms with Crippen LogP contribution in [0.25, 0.3) is 10.9 Å². The van der Waals surface area contributed by atoms with Gasteiger partial charge in [-0.25, -0.2) is 0 Å². The van der Waals surface area contributed by atoms with E-state index in [-0.39, 0.29) is 6.04 Å². The van der Waals surface area contributed by atoms with Gasteiger partial charge in [0.15, 0.2) is 0 Å². The lowest BCUT2D eigenvalue weighted by Gasteiger charge is -2.19. The Morgan fingerprint density at radius 1 is 1.33 bits per heavy atom. The van der Waals surface area contributed by atoms with Crippen molar-refractivity contribution in [3.8, 4) is 0 Å². The van der Waals surface area contributed by atoms with Crippen LogP contribution in [-0.2, 0) is 0 Å². The topological polar surface area (TPSA) is 54.2 Å². The van der Waals surface area contributed by atoms with Gasteiger partial charge in [-0.15, -0.1) is 0 Å². The lowest BCUT2D eigenvalue weighted by atomic mass is 10.0. The van der Waals surface area contributed by atoms with E-state index < -0.39 is 0 Å². The standard InChI is InChI=1S/C14H20N4/c1-18(2)9-7-13(17-15)12-6-5-11-4-3-8-16-14(11)10-12/h3-6,8,10,13,17H,7,9,15H2,1-2H3. The van der Waals surface area contributed by atoms with Crippen LogP contribution in [0.5, 0.6) is 0 Å². The van der Waals surface area contributed by atoms with Crippen molar-refractivity contribution in [1.29, 1.82) is 0 Å². The third kappa shape index (κ3) is 3.04. The Bertz CT molecular complexity index is 510. The van der Waals surface area contributed by atoms with Crippen LogP contribution in [0.1, 0.15) is 18.0 Å². The summed E-state index contributed by atoms with van der Waals surface area (Å²) in [6, 6.07) is 10.5. The van der Waals surface area contributed by atoms with Gasteiger partial charge in [-0.1, -0.05) is 18.2 Å². The molecule has 1 atom stereocenters. The summed E-state index contributed by atoms with van der Waals surface area (Å²) in [6.07, 6.45) is 2.79. The van der Waals surface area contributed by atoms with Gasteiger partial charge in [0.05, 0.1) is 5.52 Å². The zero-order valence-corrected chi connectivity index (χ0v) is 10.9. The van der Waals surface area contributed by atoms with E-state index in [1.165, 1.54) is 5.56 Å². The van der Waals surface area contributed by atoms with Crippen LogP contribution >= 0.6 is 0 Å². The smallest absolute Gasteiger partial charge is 0.0705 e. The van der Waals surface area contributed by atoms with E-state index >= 15 is 0 Å². The SMILES string of the molecule is CN(C)CCC(NN)c1ccc2cccnc2c1. The minimum atomic E-state index is 0.166. The summed E-state index contributed by atoms with van der Waals surface area (Å²) in [7, 11) is 4.13. The maximum atomic E-state index is 5.65. The minimum absolute atomic E-state index is 0.166. The molecule has 0 aliphatic rings. The van der Waals surface area contributed by atoms with Gasteiger partial charge in [0.1, 0.15) is 0 Å². The van der Waals surface area contributed by atoms with Crippen molar-refractivity contribution < 1.29 is 0 Å². The molecule has 2 rings (SSSR count). The lowest BCUT2D eigenvalue weighted by Crippen LogP contribution is -2.30. The summed E-state index contributed by atoms with van der Waals surface area (Å²) in [5, 5.41) is 1.16. The largest absolute Gasteiger partial charge is 0.309 e. The summed E-state index contributed by atoms with van der Waals surface area (Å²) in [6.45, 7) is 0.995. The molecule has 4 heteroatoms. The lowest BCUT2D eigenvalue weighted by molar-refractivity contribution is 0.363. The number of rotatable bonds is 5.